The molecule has 0 amide bonds. The lowest BCUT2D eigenvalue weighted by Crippen LogP contribution is -2.05. The Kier molecular flexibility index (Phi) is 6.12. The zero-order chi connectivity index (χ0) is 10.9. The molecule has 1 aromatic heterocycles. The van der Waals surface area contributed by atoms with Crippen molar-refractivity contribution in [1.29, 1.82) is 0 Å². The number of aromatic nitrogens is 1. The average molecular weight is 222 g/mol. The minimum Gasteiger partial charge on any atom is -0.319 e. The van der Waals surface area contributed by atoms with Gasteiger partial charge in [-0.05, 0) is 44.0 Å². The van der Waals surface area contributed by atoms with Crippen LogP contribution in [0, 0.1) is 0 Å². The molecule has 1 rings (SSSR count). The molecule has 0 radical (unpaired) electrons. The Balaban J connectivity index is 2.62. The van der Waals surface area contributed by atoms with E-state index in [9.17, 15) is 0 Å². The molecule has 0 saturated heterocycles. The summed E-state index contributed by atoms with van der Waals surface area (Å²) in [6, 6.07) is 4.11. The van der Waals surface area contributed by atoms with Crippen LogP contribution in [0.5, 0.6) is 0 Å². The van der Waals surface area contributed by atoms with Crippen LogP contribution in [0.1, 0.15) is 19.0 Å². The van der Waals surface area contributed by atoms with Crippen LogP contribution in [0.3, 0.4) is 0 Å². The highest BCUT2D eigenvalue weighted by Gasteiger charge is 1.98. The lowest BCUT2D eigenvalue weighted by Gasteiger charge is -2.02. The van der Waals surface area contributed by atoms with Crippen molar-refractivity contribution < 1.29 is 0 Å². The first-order chi connectivity index (χ1) is 7.38. The molecule has 1 aromatic rings. The lowest BCUT2D eigenvalue weighted by molar-refractivity contribution is 0.809. The first-order valence-electron chi connectivity index (χ1n) is 5.27. The third-order valence-electron chi connectivity index (χ3n) is 1.94. The Morgan fingerprint density at radius 2 is 2.40 bits per heavy atom. The van der Waals surface area contributed by atoms with E-state index in [-0.39, 0.29) is 0 Å². The van der Waals surface area contributed by atoms with E-state index in [1.54, 1.807) is 0 Å². The maximum Gasteiger partial charge on any atom is 0.0762 e. The maximum atomic E-state index is 4.37. The molecular formula is C12H18N2S. The van der Waals surface area contributed by atoms with Gasteiger partial charge in [0.15, 0.2) is 0 Å². The molecule has 0 aliphatic carbocycles. The van der Waals surface area contributed by atoms with E-state index in [1.807, 2.05) is 31.1 Å². The van der Waals surface area contributed by atoms with Crippen LogP contribution in [0.25, 0.3) is 6.08 Å². The monoisotopic (exact) mass is 222 g/mol. The van der Waals surface area contributed by atoms with Crippen LogP contribution in [0.4, 0.5) is 0 Å². The molecule has 1 N–H and O–H groups in total. The molecule has 3 heteroatoms. The summed E-state index contributed by atoms with van der Waals surface area (Å²) in [6.45, 7) is 3.17. The fraction of sp³-hybridized carbons (Fsp3) is 0.417. The van der Waals surface area contributed by atoms with Crippen molar-refractivity contribution in [2.75, 3.05) is 19.3 Å². The second-order valence-corrected chi connectivity index (χ2v) is 4.42. The van der Waals surface area contributed by atoms with Crippen LogP contribution in [0.2, 0.25) is 0 Å². The van der Waals surface area contributed by atoms with E-state index in [0.29, 0.717) is 0 Å². The fourth-order valence-electron chi connectivity index (χ4n) is 1.23. The number of hydrogen-bond acceptors (Lipinski definition) is 3. The van der Waals surface area contributed by atoms with Gasteiger partial charge in [-0.25, -0.2) is 0 Å². The maximum absolute atomic E-state index is 4.37. The summed E-state index contributed by atoms with van der Waals surface area (Å²) in [6.07, 6.45) is 7.16. The van der Waals surface area contributed by atoms with Crippen molar-refractivity contribution in [1.82, 2.24) is 10.3 Å². The lowest BCUT2D eigenvalue weighted by atomic mass is 10.3. The van der Waals surface area contributed by atoms with Gasteiger partial charge < -0.3 is 5.32 Å². The van der Waals surface area contributed by atoms with Gasteiger partial charge in [-0.3, -0.25) is 4.98 Å². The van der Waals surface area contributed by atoms with Gasteiger partial charge in [0.05, 0.1) is 5.69 Å². The summed E-state index contributed by atoms with van der Waals surface area (Å²) in [5.41, 5.74) is 1.08. The van der Waals surface area contributed by atoms with Gasteiger partial charge in [0.1, 0.15) is 0 Å². The molecule has 0 bridgehead atoms. The third-order valence-corrected chi connectivity index (χ3v) is 2.88. The van der Waals surface area contributed by atoms with Crippen LogP contribution >= 0.6 is 11.8 Å². The highest BCUT2D eigenvalue weighted by molar-refractivity contribution is 7.99. The number of nitrogens with one attached hydrogen (secondary N) is 1. The molecule has 0 fully saturated rings. The van der Waals surface area contributed by atoms with Gasteiger partial charge in [-0.15, -0.1) is 11.8 Å². The predicted molar refractivity (Wildman–Crippen MR) is 68.2 cm³/mol. The fourth-order valence-corrected chi connectivity index (χ4v) is 1.98. The molecule has 15 heavy (non-hydrogen) atoms. The van der Waals surface area contributed by atoms with Crippen molar-refractivity contribution in [3.05, 3.63) is 30.1 Å². The highest BCUT2D eigenvalue weighted by atomic mass is 32.2. The predicted octanol–water partition coefficient (Wildman–Crippen LogP) is 2.82. The highest BCUT2D eigenvalue weighted by Crippen LogP contribution is 2.21. The van der Waals surface area contributed by atoms with Crippen LogP contribution in [-0.2, 0) is 0 Å². The summed E-state index contributed by atoms with van der Waals surface area (Å²) in [5.74, 6) is 1.09. The summed E-state index contributed by atoms with van der Waals surface area (Å²) in [7, 11) is 1.97. The van der Waals surface area contributed by atoms with Gasteiger partial charge in [-0.2, -0.15) is 0 Å². The molecule has 2 nitrogen and oxygen atoms in total. The number of pyridine rings is 1. The summed E-state index contributed by atoms with van der Waals surface area (Å²) in [4.78, 5) is 5.63. The number of thioether (sulfide) groups is 1. The smallest absolute Gasteiger partial charge is 0.0762 e. The second kappa shape index (κ2) is 7.49. The van der Waals surface area contributed by atoms with Crippen molar-refractivity contribution in [3.8, 4) is 0 Å². The number of nitrogens with zero attached hydrogens (tertiary/aromatic N) is 1. The standard InChI is InChI=1S/C12H18N2S/c1-3-15-12-8-6-10-14-11(12)7-4-5-9-13-2/h4,6-8,10,13H,3,5,9H2,1-2H3. The second-order valence-electron chi connectivity index (χ2n) is 3.11. The molecule has 1 heterocycles. The Bertz CT molecular complexity index is 310. The Morgan fingerprint density at radius 1 is 1.53 bits per heavy atom. The summed E-state index contributed by atoms with van der Waals surface area (Å²) < 4.78 is 0. The summed E-state index contributed by atoms with van der Waals surface area (Å²) >= 11 is 1.84. The van der Waals surface area contributed by atoms with Gasteiger partial charge in [0, 0.05) is 11.1 Å². The average Bonchev–Trinajstić information content (AvgIpc) is 2.27. The minimum atomic E-state index is 1.01. The molecule has 0 saturated carbocycles. The third kappa shape index (κ3) is 4.49. The van der Waals surface area contributed by atoms with E-state index in [2.05, 4.69) is 35.4 Å². The minimum absolute atomic E-state index is 1.01. The SMILES string of the molecule is CCSc1cccnc1C=CCCNC. The van der Waals surface area contributed by atoms with Crippen molar-refractivity contribution in [2.24, 2.45) is 0 Å². The van der Waals surface area contributed by atoms with Crippen molar-refractivity contribution in [2.45, 2.75) is 18.2 Å². The molecular weight excluding hydrogens is 204 g/mol. The Morgan fingerprint density at radius 3 is 3.13 bits per heavy atom. The molecule has 0 aromatic carbocycles. The van der Waals surface area contributed by atoms with E-state index in [0.717, 1.165) is 24.4 Å². The largest absolute Gasteiger partial charge is 0.319 e. The first-order valence-corrected chi connectivity index (χ1v) is 6.26. The van der Waals surface area contributed by atoms with Crippen LogP contribution in [0.15, 0.2) is 29.3 Å². The zero-order valence-corrected chi connectivity index (χ0v) is 10.2. The molecule has 0 atom stereocenters. The van der Waals surface area contributed by atoms with Crippen LogP contribution < -0.4 is 5.32 Å². The summed E-state index contributed by atoms with van der Waals surface area (Å²) in [5, 5.41) is 3.12. The molecule has 82 valence electrons. The number of rotatable bonds is 6. The van der Waals surface area contributed by atoms with Gasteiger partial charge in [-0.1, -0.05) is 13.0 Å². The topological polar surface area (TPSA) is 24.9 Å². The van der Waals surface area contributed by atoms with Gasteiger partial charge in [0.25, 0.3) is 0 Å². The van der Waals surface area contributed by atoms with Crippen molar-refractivity contribution >= 4 is 17.8 Å². The van der Waals surface area contributed by atoms with Crippen LogP contribution in [-0.4, -0.2) is 24.3 Å². The molecule has 0 aliphatic heterocycles. The van der Waals surface area contributed by atoms with E-state index >= 15 is 0 Å². The van der Waals surface area contributed by atoms with E-state index < -0.39 is 0 Å². The van der Waals surface area contributed by atoms with Gasteiger partial charge >= 0.3 is 0 Å². The molecule has 0 aliphatic rings. The Labute approximate surface area is 96.2 Å². The zero-order valence-electron chi connectivity index (χ0n) is 9.36. The first kappa shape index (κ1) is 12.3. The normalized spacial score (nSPS) is 11.1. The van der Waals surface area contributed by atoms with Crippen molar-refractivity contribution in [3.63, 3.8) is 0 Å². The molecule has 0 spiro atoms. The van der Waals surface area contributed by atoms with E-state index in [1.165, 1.54) is 4.90 Å². The van der Waals surface area contributed by atoms with E-state index in [4.69, 9.17) is 0 Å². The van der Waals surface area contributed by atoms with Gasteiger partial charge in [0.2, 0.25) is 0 Å². The quantitative estimate of drug-likeness (QED) is 0.592. The number of hydrogen-bond donors (Lipinski definition) is 1. The molecule has 0 unspecified atom stereocenters. The Hall–Kier alpha value is -0.800.